The van der Waals surface area contributed by atoms with E-state index in [9.17, 15) is 9.59 Å². The van der Waals surface area contributed by atoms with Crippen LogP contribution in [0.1, 0.15) is 23.2 Å². The molecule has 3 aliphatic heterocycles. The van der Waals surface area contributed by atoms with E-state index in [0.717, 1.165) is 25.9 Å². The van der Waals surface area contributed by atoms with Crippen molar-refractivity contribution in [1.29, 1.82) is 0 Å². The molecule has 0 saturated carbocycles. The van der Waals surface area contributed by atoms with E-state index in [0.29, 0.717) is 30.2 Å². The number of piperidine rings is 1. The Bertz CT molecular complexity index is 640. The van der Waals surface area contributed by atoms with Gasteiger partial charge in [0, 0.05) is 37.8 Å². The average Bonchev–Trinajstić information content (AvgIpc) is 3.22. The van der Waals surface area contributed by atoms with Crippen molar-refractivity contribution < 1.29 is 19.1 Å². The first-order chi connectivity index (χ1) is 11.2. The average molecular weight is 317 g/mol. The zero-order valence-electron chi connectivity index (χ0n) is 12.8. The van der Waals surface area contributed by atoms with Crippen molar-refractivity contribution >= 4 is 11.9 Å². The van der Waals surface area contributed by atoms with E-state index in [-0.39, 0.29) is 24.8 Å². The summed E-state index contributed by atoms with van der Waals surface area (Å²) in [7, 11) is 0. The van der Waals surface area contributed by atoms with Crippen LogP contribution in [0.5, 0.6) is 11.5 Å². The molecule has 1 aromatic carbocycles. The Morgan fingerprint density at radius 2 is 1.91 bits per heavy atom. The van der Waals surface area contributed by atoms with E-state index in [1.54, 1.807) is 18.2 Å². The zero-order valence-corrected chi connectivity index (χ0v) is 12.8. The number of benzene rings is 1. The lowest BCUT2D eigenvalue weighted by Crippen LogP contribution is -2.47. The number of carbonyl (C=O) groups excluding carboxylic acids is 2. The van der Waals surface area contributed by atoms with Crippen LogP contribution in [0.2, 0.25) is 0 Å². The standard InChI is InChI=1S/C16H19N3O4/c20-15(11-1-2-13-14(9-11)23-10-22-13)18-6-3-12(4-7-18)19-8-5-17-16(19)21/h1-2,9,12H,3-8,10H2,(H,17,21). The first-order valence-corrected chi connectivity index (χ1v) is 7.96. The van der Waals surface area contributed by atoms with E-state index in [1.165, 1.54) is 0 Å². The molecule has 3 aliphatic rings. The number of hydrogen-bond donors (Lipinski definition) is 1. The molecule has 3 heterocycles. The minimum absolute atomic E-state index is 0.00706. The Morgan fingerprint density at radius 3 is 2.65 bits per heavy atom. The Balaban J connectivity index is 1.40. The maximum absolute atomic E-state index is 12.6. The number of fused-ring (bicyclic) bond motifs is 1. The number of likely N-dealkylation sites (tertiary alicyclic amines) is 1. The third-order valence-corrected chi connectivity index (χ3v) is 4.70. The minimum Gasteiger partial charge on any atom is -0.454 e. The topological polar surface area (TPSA) is 71.1 Å². The summed E-state index contributed by atoms with van der Waals surface area (Å²) < 4.78 is 10.6. The fraction of sp³-hybridized carbons (Fsp3) is 0.500. The van der Waals surface area contributed by atoms with E-state index < -0.39 is 0 Å². The van der Waals surface area contributed by atoms with Crippen LogP contribution in [0.3, 0.4) is 0 Å². The van der Waals surface area contributed by atoms with Crippen molar-refractivity contribution in [2.75, 3.05) is 33.0 Å². The van der Waals surface area contributed by atoms with E-state index in [2.05, 4.69) is 5.32 Å². The molecule has 4 rings (SSSR count). The van der Waals surface area contributed by atoms with Crippen molar-refractivity contribution in [1.82, 2.24) is 15.1 Å². The lowest BCUT2D eigenvalue weighted by atomic mass is 10.0. The van der Waals surface area contributed by atoms with Crippen molar-refractivity contribution in [3.63, 3.8) is 0 Å². The molecule has 7 nitrogen and oxygen atoms in total. The highest BCUT2D eigenvalue weighted by atomic mass is 16.7. The highest BCUT2D eigenvalue weighted by molar-refractivity contribution is 5.95. The second-order valence-corrected chi connectivity index (χ2v) is 6.02. The monoisotopic (exact) mass is 317 g/mol. The number of rotatable bonds is 2. The number of amides is 3. The van der Waals surface area contributed by atoms with Gasteiger partial charge in [-0.1, -0.05) is 0 Å². The van der Waals surface area contributed by atoms with Gasteiger partial charge in [-0.05, 0) is 31.0 Å². The Hall–Kier alpha value is -2.44. The number of carbonyl (C=O) groups is 2. The van der Waals surface area contributed by atoms with Gasteiger partial charge in [-0.25, -0.2) is 4.79 Å². The van der Waals surface area contributed by atoms with Crippen molar-refractivity contribution in [3.05, 3.63) is 23.8 Å². The predicted molar refractivity (Wildman–Crippen MR) is 81.6 cm³/mol. The molecule has 0 aromatic heterocycles. The zero-order chi connectivity index (χ0) is 15.8. The van der Waals surface area contributed by atoms with Crippen LogP contribution in [0.25, 0.3) is 0 Å². The summed E-state index contributed by atoms with van der Waals surface area (Å²) >= 11 is 0. The second-order valence-electron chi connectivity index (χ2n) is 6.02. The van der Waals surface area contributed by atoms with Crippen molar-refractivity contribution in [3.8, 4) is 11.5 Å². The van der Waals surface area contributed by atoms with Gasteiger partial charge in [0.1, 0.15) is 0 Å². The number of nitrogens with zero attached hydrogens (tertiary/aromatic N) is 2. The van der Waals surface area contributed by atoms with Crippen LogP contribution < -0.4 is 14.8 Å². The van der Waals surface area contributed by atoms with Gasteiger partial charge < -0.3 is 24.6 Å². The van der Waals surface area contributed by atoms with Crippen molar-refractivity contribution in [2.24, 2.45) is 0 Å². The summed E-state index contributed by atoms with van der Waals surface area (Å²) in [6.07, 6.45) is 1.65. The van der Waals surface area contributed by atoms with E-state index >= 15 is 0 Å². The van der Waals surface area contributed by atoms with Gasteiger partial charge in [-0.15, -0.1) is 0 Å². The smallest absolute Gasteiger partial charge is 0.317 e. The Morgan fingerprint density at radius 1 is 1.13 bits per heavy atom. The number of ether oxygens (including phenoxy) is 2. The first-order valence-electron chi connectivity index (χ1n) is 7.96. The van der Waals surface area contributed by atoms with E-state index in [4.69, 9.17) is 9.47 Å². The molecule has 23 heavy (non-hydrogen) atoms. The maximum Gasteiger partial charge on any atom is 0.317 e. The summed E-state index contributed by atoms with van der Waals surface area (Å²) in [6.45, 7) is 3.02. The normalized spacial score (nSPS) is 20.8. The second kappa shape index (κ2) is 5.64. The Labute approximate surface area is 134 Å². The van der Waals surface area contributed by atoms with Crippen LogP contribution in [-0.2, 0) is 0 Å². The molecular weight excluding hydrogens is 298 g/mol. The third-order valence-electron chi connectivity index (χ3n) is 4.70. The summed E-state index contributed by atoms with van der Waals surface area (Å²) in [4.78, 5) is 28.1. The molecule has 0 atom stereocenters. The molecule has 0 spiro atoms. The molecule has 122 valence electrons. The highest BCUT2D eigenvalue weighted by Crippen LogP contribution is 2.33. The molecule has 1 N–H and O–H groups in total. The van der Waals surface area contributed by atoms with Gasteiger partial charge in [0.2, 0.25) is 6.79 Å². The van der Waals surface area contributed by atoms with Gasteiger partial charge in [0.15, 0.2) is 11.5 Å². The minimum atomic E-state index is 0.00706. The quantitative estimate of drug-likeness (QED) is 0.885. The molecule has 0 aliphatic carbocycles. The van der Waals surface area contributed by atoms with Crippen LogP contribution in [-0.4, -0.2) is 60.8 Å². The molecule has 0 bridgehead atoms. The van der Waals surface area contributed by atoms with E-state index in [1.807, 2.05) is 9.80 Å². The van der Waals surface area contributed by atoms with Gasteiger partial charge in [0.25, 0.3) is 5.91 Å². The molecule has 2 fully saturated rings. The lowest BCUT2D eigenvalue weighted by molar-refractivity contribution is 0.0665. The molecular formula is C16H19N3O4. The Kier molecular flexibility index (Phi) is 3.48. The summed E-state index contributed by atoms with van der Waals surface area (Å²) in [5.74, 6) is 1.31. The summed E-state index contributed by atoms with van der Waals surface area (Å²) in [5, 5.41) is 2.83. The lowest BCUT2D eigenvalue weighted by Gasteiger charge is -2.36. The highest BCUT2D eigenvalue weighted by Gasteiger charge is 2.32. The summed E-state index contributed by atoms with van der Waals surface area (Å²) in [6, 6.07) is 5.54. The number of nitrogens with one attached hydrogen (secondary N) is 1. The largest absolute Gasteiger partial charge is 0.454 e. The summed E-state index contributed by atoms with van der Waals surface area (Å²) in [5.41, 5.74) is 0.617. The van der Waals surface area contributed by atoms with Gasteiger partial charge in [-0.3, -0.25) is 4.79 Å². The molecule has 3 amide bonds. The first kappa shape index (κ1) is 14.2. The van der Waals surface area contributed by atoms with Crippen LogP contribution >= 0.6 is 0 Å². The predicted octanol–water partition coefficient (Wildman–Crippen LogP) is 1.05. The van der Waals surface area contributed by atoms with Crippen molar-refractivity contribution in [2.45, 2.75) is 18.9 Å². The van der Waals surface area contributed by atoms with Gasteiger partial charge in [0.05, 0.1) is 0 Å². The third kappa shape index (κ3) is 2.56. The SMILES string of the molecule is O=C(c1ccc2c(c1)OCO2)N1CCC(N2CCNC2=O)CC1. The van der Waals surface area contributed by atoms with Gasteiger partial charge in [-0.2, -0.15) is 0 Å². The fourth-order valence-electron chi connectivity index (χ4n) is 3.43. The number of urea groups is 1. The maximum atomic E-state index is 12.6. The van der Waals surface area contributed by atoms with Gasteiger partial charge >= 0.3 is 6.03 Å². The van der Waals surface area contributed by atoms with Crippen LogP contribution in [0, 0.1) is 0 Å². The molecule has 0 unspecified atom stereocenters. The molecule has 0 radical (unpaired) electrons. The van der Waals surface area contributed by atoms with Crippen LogP contribution in [0.4, 0.5) is 4.79 Å². The number of hydrogen-bond acceptors (Lipinski definition) is 4. The molecule has 2 saturated heterocycles. The fourth-order valence-corrected chi connectivity index (χ4v) is 3.43. The molecule has 1 aromatic rings. The molecule has 7 heteroatoms. The van der Waals surface area contributed by atoms with Crippen LogP contribution in [0.15, 0.2) is 18.2 Å².